The van der Waals surface area contributed by atoms with E-state index in [4.69, 9.17) is 30.5 Å². The van der Waals surface area contributed by atoms with Crippen molar-refractivity contribution in [3.8, 4) is 0 Å². The molecule has 1 fully saturated rings. The number of pyridine rings is 1. The van der Waals surface area contributed by atoms with Crippen LogP contribution in [0.25, 0.3) is 10.4 Å². The summed E-state index contributed by atoms with van der Waals surface area (Å²) in [6.07, 6.45) is -1.64. The van der Waals surface area contributed by atoms with Crippen molar-refractivity contribution >= 4 is 35.3 Å². The van der Waals surface area contributed by atoms with Gasteiger partial charge in [0.1, 0.15) is 24.3 Å². The first kappa shape index (κ1) is 33.5. The van der Waals surface area contributed by atoms with Gasteiger partial charge in [0.25, 0.3) is 0 Å². The van der Waals surface area contributed by atoms with Crippen molar-refractivity contribution in [1.82, 2.24) is 14.5 Å². The van der Waals surface area contributed by atoms with Gasteiger partial charge in [0.15, 0.2) is 0 Å². The molecule has 1 aliphatic rings. The van der Waals surface area contributed by atoms with Gasteiger partial charge in [-0.1, -0.05) is 5.11 Å². The van der Waals surface area contributed by atoms with E-state index in [1.54, 1.807) is 0 Å². The normalized spacial score (nSPS) is 22.0. The molecular formula is C18H24N7O14P3. The average molecular weight is 655 g/mol. The van der Waals surface area contributed by atoms with Crippen LogP contribution in [0.15, 0.2) is 40.5 Å². The van der Waals surface area contributed by atoms with Crippen LogP contribution in [0.2, 0.25) is 0 Å². The highest BCUT2D eigenvalue weighted by Crippen LogP contribution is 2.66. The van der Waals surface area contributed by atoms with E-state index in [0.717, 1.165) is 4.57 Å². The smallest absolute Gasteiger partial charge is 0.456 e. The molecule has 0 saturated carbocycles. The fraction of sp³-hybridized carbons (Fsp3) is 0.444. The quantitative estimate of drug-likeness (QED) is 0.0713. The molecule has 24 heteroatoms. The lowest BCUT2D eigenvalue weighted by Crippen LogP contribution is -2.32. The number of carbonyl (C=O) groups is 1. The van der Waals surface area contributed by atoms with E-state index in [1.807, 2.05) is 0 Å². The molecule has 3 rings (SSSR count). The minimum absolute atomic E-state index is 0.0482. The van der Waals surface area contributed by atoms with E-state index in [0.29, 0.717) is 0 Å². The van der Waals surface area contributed by atoms with Crippen molar-refractivity contribution in [2.45, 2.75) is 44.2 Å². The first-order valence-electron chi connectivity index (χ1n) is 11.3. The molecule has 0 radical (unpaired) electrons. The Morgan fingerprint density at radius 1 is 1.24 bits per heavy atom. The Bertz CT molecular complexity index is 1590. The SMILES string of the molecule is CC(C)(N=[N+]=[N-])c1ncccc1C(=O)O[C@@H]1C[C@H](n2ccc(N)nc2=O)O[C@@H]1COP(=O)(O)OP(=O)(O)OP(=O)(O)O. The highest BCUT2D eigenvalue weighted by molar-refractivity contribution is 7.66. The molecule has 0 aromatic carbocycles. The van der Waals surface area contributed by atoms with Crippen molar-refractivity contribution in [2.75, 3.05) is 12.3 Å². The Hall–Kier alpha value is -3.02. The van der Waals surface area contributed by atoms with Crippen molar-refractivity contribution in [2.24, 2.45) is 5.11 Å². The summed E-state index contributed by atoms with van der Waals surface area (Å²) in [7, 11) is -17.0. The summed E-state index contributed by atoms with van der Waals surface area (Å²) >= 11 is 0. The zero-order valence-corrected chi connectivity index (χ0v) is 24.2. The third kappa shape index (κ3) is 8.99. The molecule has 1 saturated heterocycles. The molecule has 230 valence electrons. The van der Waals surface area contributed by atoms with Gasteiger partial charge in [0, 0.05) is 23.7 Å². The van der Waals surface area contributed by atoms with E-state index in [-0.39, 0.29) is 23.5 Å². The summed E-state index contributed by atoms with van der Waals surface area (Å²) in [4.78, 5) is 72.5. The van der Waals surface area contributed by atoms with Crippen LogP contribution in [0, 0.1) is 0 Å². The lowest BCUT2D eigenvalue weighted by Gasteiger charge is -2.23. The fourth-order valence-corrected chi connectivity index (χ4v) is 6.71. The second-order valence-electron chi connectivity index (χ2n) is 8.89. The summed E-state index contributed by atoms with van der Waals surface area (Å²) in [6.45, 7) is 2.00. The van der Waals surface area contributed by atoms with Gasteiger partial charge in [-0.25, -0.2) is 23.3 Å². The summed E-state index contributed by atoms with van der Waals surface area (Å²) < 4.78 is 58.9. The predicted molar refractivity (Wildman–Crippen MR) is 137 cm³/mol. The largest absolute Gasteiger partial charge is 0.490 e. The molecule has 21 nitrogen and oxygen atoms in total. The van der Waals surface area contributed by atoms with Gasteiger partial charge in [-0.05, 0) is 37.6 Å². The first-order valence-corrected chi connectivity index (χ1v) is 15.9. The molecule has 1 aliphatic heterocycles. The second kappa shape index (κ2) is 12.7. The Balaban J connectivity index is 1.87. The topological polar surface area (TPSA) is 318 Å². The number of nitrogens with two attached hydrogens (primary N) is 1. The van der Waals surface area contributed by atoms with E-state index >= 15 is 0 Å². The van der Waals surface area contributed by atoms with Crippen LogP contribution in [-0.4, -0.2) is 58.9 Å². The number of carbonyl (C=O) groups excluding carboxylic acids is 1. The van der Waals surface area contributed by atoms with Crippen LogP contribution in [0.1, 0.15) is 42.5 Å². The van der Waals surface area contributed by atoms with E-state index in [9.17, 15) is 33.1 Å². The number of nitrogens with zero attached hydrogens (tertiary/aromatic N) is 6. The number of phosphoric ester groups is 1. The number of aromatic nitrogens is 3. The minimum atomic E-state index is -5.81. The molecule has 0 aliphatic carbocycles. The molecule has 42 heavy (non-hydrogen) atoms. The standard InChI is InChI=1S/C18H24N7O14P3/c1-18(2,23-24-20)15-10(4-3-6-21-15)16(26)37-11-8-14(25-7-5-13(19)22-17(25)27)36-12(11)9-35-41(31,32)39-42(33,34)38-40(28,29)30/h3-7,11-12,14H,8-9H2,1-2H3,(H,31,32)(H,33,34)(H2,19,22,27)(H2,28,29,30)/t11-,12-,14-/m1/s1. The van der Waals surface area contributed by atoms with E-state index in [1.165, 1.54) is 44.4 Å². The monoisotopic (exact) mass is 655 g/mol. The molecule has 3 heterocycles. The molecule has 2 unspecified atom stereocenters. The maximum atomic E-state index is 13.2. The van der Waals surface area contributed by atoms with Crippen LogP contribution < -0.4 is 11.4 Å². The Morgan fingerprint density at radius 2 is 1.93 bits per heavy atom. The van der Waals surface area contributed by atoms with Crippen LogP contribution in [-0.2, 0) is 41.9 Å². The summed E-state index contributed by atoms with van der Waals surface area (Å²) in [5.41, 5.74) is 12.2. The molecule has 2 aromatic heterocycles. The molecule has 0 amide bonds. The van der Waals surface area contributed by atoms with Gasteiger partial charge in [0.2, 0.25) is 0 Å². The van der Waals surface area contributed by atoms with Gasteiger partial charge in [0.05, 0.1) is 23.4 Å². The van der Waals surface area contributed by atoms with Crippen LogP contribution in [0.5, 0.6) is 0 Å². The molecule has 5 atom stereocenters. The zero-order chi connectivity index (χ0) is 31.5. The van der Waals surface area contributed by atoms with Crippen molar-refractivity contribution in [3.63, 3.8) is 0 Å². The average Bonchev–Trinajstić information content (AvgIpc) is 3.22. The van der Waals surface area contributed by atoms with E-state index < -0.39 is 65.7 Å². The van der Waals surface area contributed by atoms with Crippen LogP contribution in [0.3, 0.4) is 0 Å². The summed E-state index contributed by atoms with van der Waals surface area (Å²) in [5, 5.41) is 3.63. The van der Waals surface area contributed by atoms with Gasteiger partial charge in [-0.15, -0.1) is 0 Å². The highest BCUT2D eigenvalue weighted by atomic mass is 31.3. The number of rotatable bonds is 12. The number of phosphoric acid groups is 3. The first-order chi connectivity index (χ1) is 19.3. The van der Waals surface area contributed by atoms with Gasteiger partial charge in [-0.3, -0.25) is 14.1 Å². The highest BCUT2D eigenvalue weighted by Gasteiger charge is 2.44. The maximum absolute atomic E-state index is 13.2. The number of azide groups is 1. The minimum Gasteiger partial charge on any atom is -0.456 e. The number of nitrogen functional groups attached to an aromatic ring is 1. The molecule has 6 N–H and O–H groups in total. The lowest BCUT2D eigenvalue weighted by molar-refractivity contribution is -0.0511. The fourth-order valence-electron chi connectivity index (χ4n) is 3.68. The summed E-state index contributed by atoms with van der Waals surface area (Å²) in [5.74, 6) is -1.10. The number of ether oxygens (including phenoxy) is 2. The Labute approximate surface area is 235 Å². The molecule has 0 bridgehead atoms. The van der Waals surface area contributed by atoms with Gasteiger partial charge in [-0.2, -0.15) is 13.6 Å². The molecular weight excluding hydrogens is 631 g/mol. The van der Waals surface area contributed by atoms with Crippen molar-refractivity contribution in [3.05, 3.63) is 62.8 Å². The van der Waals surface area contributed by atoms with Gasteiger partial charge < -0.3 is 34.8 Å². The van der Waals surface area contributed by atoms with Crippen LogP contribution >= 0.6 is 23.5 Å². The summed E-state index contributed by atoms with van der Waals surface area (Å²) in [6, 6.07) is 4.01. The Kier molecular flexibility index (Phi) is 10.1. The maximum Gasteiger partial charge on any atom is 0.490 e. The van der Waals surface area contributed by atoms with Gasteiger partial charge >= 0.3 is 35.1 Å². The zero-order valence-electron chi connectivity index (χ0n) is 21.5. The number of hydrogen-bond donors (Lipinski definition) is 5. The molecule has 0 spiro atoms. The van der Waals surface area contributed by atoms with Crippen molar-refractivity contribution < 1.29 is 60.7 Å². The predicted octanol–water partition coefficient (Wildman–Crippen LogP) is 1.62. The molecule has 2 aromatic rings. The third-order valence-electron chi connectivity index (χ3n) is 5.32. The second-order valence-corrected chi connectivity index (χ2v) is 13.3. The third-order valence-corrected chi connectivity index (χ3v) is 9.12. The lowest BCUT2D eigenvalue weighted by atomic mass is 9.96. The van der Waals surface area contributed by atoms with E-state index in [2.05, 4.69) is 33.1 Å². The number of anilines is 1. The number of hydrogen-bond acceptors (Lipinski definition) is 14. The van der Waals surface area contributed by atoms with Crippen molar-refractivity contribution in [1.29, 1.82) is 0 Å². The Morgan fingerprint density at radius 3 is 2.55 bits per heavy atom. The van der Waals surface area contributed by atoms with Crippen LogP contribution in [0.4, 0.5) is 5.82 Å². The number of esters is 1.